The summed E-state index contributed by atoms with van der Waals surface area (Å²) < 4.78 is 5.72. The van der Waals surface area contributed by atoms with Gasteiger partial charge in [0.25, 0.3) is 0 Å². The molecule has 2 aromatic rings. The van der Waals surface area contributed by atoms with Crippen LogP contribution in [0.25, 0.3) is 0 Å². The summed E-state index contributed by atoms with van der Waals surface area (Å²) in [4.78, 5) is 10.7. The van der Waals surface area contributed by atoms with E-state index in [2.05, 4.69) is 0 Å². The van der Waals surface area contributed by atoms with Crippen molar-refractivity contribution < 1.29 is 14.6 Å². The van der Waals surface area contributed by atoms with Crippen molar-refractivity contribution >= 4 is 5.97 Å². The molecule has 0 unspecified atom stereocenters. The third-order valence-corrected chi connectivity index (χ3v) is 3.28. The average molecular weight is 284 g/mol. The Morgan fingerprint density at radius 1 is 1.05 bits per heavy atom. The van der Waals surface area contributed by atoms with Crippen molar-refractivity contribution in [3.8, 4) is 5.75 Å². The Labute approximate surface area is 125 Å². The summed E-state index contributed by atoms with van der Waals surface area (Å²) in [5.74, 6) is 0.220. The molecule has 0 fully saturated rings. The summed E-state index contributed by atoms with van der Waals surface area (Å²) in [6.45, 7) is 2.50. The van der Waals surface area contributed by atoms with Gasteiger partial charge in [-0.15, -0.1) is 0 Å². The SMILES string of the molecule is C[C@H](CC(=O)O)Cc1ccc(OCc2ccccc2)cc1. The van der Waals surface area contributed by atoms with Gasteiger partial charge in [0.15, 0.2) is 0 Å². The van der Waals surface area contributed by atoms with Gasteiger partial charge in [-0.05, 0) is 35.6 Å². The van der Waals surface area contributed by atoms with E-state index in [4.69, 9.17) is 9.84 Å². The van der Waals surface area contributed by atoms with E-state index in [-0.39, 0.29) is 12.3 Å². The molecule has 0 aliphatic heterocycles. The van der Waals surface area contributed by atoms with Crippen molar-refractivity contribution in [3.63, 3.8) is 0 Å². The molecule has 2 rings (SSSR count). The van der Waals surface area contributed by atoms with Crippen LogP contribution in [0, 0.1) is 5.92 Å². The number of carboxylic acids is 1. The number of ether oxygens (including phenoxy) is 1. The highest BCUT2D eigenvalue weighted by Gasteiger charge is 2.08. The molecule has 1 atom stereocenters. The molecule has 0 saturated carbocycles. The fourth-order valence-electron chi connectivity index (χ4n) is 2.24. The van der Waals surface area contributed by atoms with Crippen LogP contribution < -0.4 is 4.74 Å². The lowest BCUT2D eigenvalue weighted by Gasteiger charge is -2.10. The van der Waals surface area contributed by atoms with Crippen molar-refractivity contribution in [3.05, 3.63) is 65.7 Å². The van der Waals surface area contributed by atoms with E-state index in [1.165, 1.54) is 0 Å². The smallest absolute Gasteiger partial charge is 0.303 e. The molecular formula is C18H20O3. The Bertz CT molecular complexity index is 561. The molecule has 0 amide bonds. The molecular weight excluding hydrogens is 264 g/mol. The maximum absolute atomic E-state index is 10.7. The van der Waals surface area contributed by atoms with E-state index in [0.717, 1.165) is 23.3 Å². The first-order valence-electron chi connectivity index (χ1n) is 7.11. The maximum Gasteiger partial charge on any atom is 0.303 e. The molecule has 3 heteroatoms. The Balaban J connectivity index is 1.85. The summed E-state index contributed by atoms with van der Waals surface area (Å²) in [6, 6.07) is 17.9. The Hall–Kier alpha value is -2.29. The molecule has 0 radical (unpaired) electrons. The van der Waals surface area contributed by atoms with Gasteiger partial charge in [0.2, 0.25) is 0 Å². The van der Waals surface area contributed by atoms with Gasteiger partial charge in [-0.3, -0.25) is 4.79 Å². The van der Waals surface area contributed by atoms with Crippen LogP contribution in [0.2, 0.25) is 0 Å². The summed E-state index contributed by atoms with van der Waals surface area (Å²) in [5, 5.41) is 8.76. The van der Waals surface area contributed by atoms with Crippen LogP contribution in [0.4, 0.5) is 0 Å². The van der Waals surface area contributed by atoms with Crippen molar-refractivity contribution in [2.24, 2.45) is 5.92 Å². The molecule has 0 bridgehead atoms. The summed E-state index contributed by atoms with van der Waals surface area (Å²) in [6.07, 6.45) is 0.970. The zero-order chi connectivity index (χ0) is 15.1. The minimum atomic E-state index is -0.745. The Morgan fingerprint density at radius 3 is 2.33 bits per heavy atom. The Morgan fingerprint density at radius 2 is 1.71 bits per heavy atom. The van der Waals surface area contributed by atoms with Crippen LogP contribution in [0.5, 0.6) is 5.75 Å². The molecule has 3 nitrogen and oxygen atoms in total. The zero-order valence-electron chi connectivity index (χ0n) is 12.2. The lowest BCUT2D eigenvalue weighted by atomic mass is 9.98. The lowest BCUT2D eigenvalue weighted by Crippen LogP contribution is -2.06. The second-order valence-electron chi connectivity index (χ2n) is 5.33. The highest BCUT2D eigenvalue weighted by Crippen LogP contribution is 2.17. The van der Waals surface area contributed by atoms with Crippen molar-refractivity contribution in [2.75, 3.05) is 0 Å². The third kappa shape index (κ3) is 5.30. The van der Waals surface area contributed by atoms with E-state index in [9.17, 15) is 4.79 Å². The van der Waals surface area contributed by atoms with Gasteiger partial charge in [0.05, 0.1) is 0 Å². The van der Waals surface area contributed by atoms with E-state index >= 15 is 0 Å². The number of benzene rings is 2. The van der Waals surface area contributed by atoms with Crippen LogP contribution in [-0.2, 0) is 17.8 Å². The number of aliphatic carboxylic acids is 1. The first-order chi connectivity index (χ1) is 10.1. The van der Waals surface area contributed by atoms with Crippen molar-refractivity contribution in [2.45, 2.75) is 26.4 Å². The number of carbonyl (C=O) groups is 1. The van der Waals surface area contributed by atoms with Gasteiger partial charge in [0, 0.05) is 6.42 Å². The fourth-order valence-corrected chi connectivity index (χ4v) is 2.24. The van der Waals surface area contributed by atoms with E-state index in [1.54, 1.807) is 0 Å². The van der Waals surface area contributed by atoms with Crippen LogP contribution in [0.3, 0.4) is 0 Å². The van der Waals surface area contributed by atoms with Gasteiger partial charge in [-0.1, -0.05) is 49.4 Å². The predicted octanol–water partition coefficient (Wildman–Crippen LogP) is 3.92. The maximum atomic E-state index is 10.7. The largest absolute Gasteiger partial charge is 0.489 e. The van der Waals surface area contributed by atoms with Crippen LogP contribution in [0.1, 0.15) is 24.5 Å². The fraction of sp³-hybridized carbons (Fsp3) is 0.278. The van der Waals surface area contributed by atoms with Gasteiger partial charge >= 0.3 is 5.97 Å². The monoisotopic (exact) mass is 284 g/mol. The summed E-state index contributed by atoms with van der Waals surface area (Å²) >= 11 is 0. The van der Waals surface area contributed by atoms with Crippen LogP contribution in [0.15, 0.2) is 54.6 Å². The molecule has 2 aromatic carbocycles. The van der Waals surface area contributed by atoms with Crippen LogP contribution in [-0.4, -0.2) is 11.1 Å². The molecule has 0 saturated heterocycles. The van der Waals surface area contributed by atoms with Gasteiger partial charge in [-0.2, -0.15) is 0 Å². The van der Waals surface area contributed by atoms with E-state index in [0.29, 0.717) is 6.61 Å². The number of hydrogen-bond acceptors (Lipinski definition) is 2. The predicted molar refractivity (Wildman–Crippen MR) is 82.3 cm³/mol. The molecule has 0 heterocycles. The molecule has 110 valence electrons. The topological polar surface area (TPSA) is 46.5 Å². The van der Waals surface area contributed by atoms with E-state index in [1.807, 2.05) is 61.5 Å². The molecule has 0 aliphatic rings. The van der Waals surface area contributed by atoms with Crippen molar-refractivity contribution in [1.29, 1.82) is 0 Å². The van der Waals surface area contributed by atoms with Gasteiger partial charge in [0.1, 0.15) is 12.4 Å². The second kappa shape index (κ2) is 7.48. The molecule has 0 spiro atoms. The van der Waals surface area contributed by atoms with Crippen LogP contribution >= 0.6 is 0 Å². The zero-order valence-corrected chi connectivity index (χ0v) is 12.2. The minimum Gasteiger partial charge on any atom is -0.489 e. The normalized spacial score (nSPS) is 11.9. The second-order valence-corrected chi connectivity index (χ2v) is 5.33. The quantitative estimate of drug-likeness (QED) is 0.838. The number of hydrogen-bond donors (Lipinski definition) is 1. The standard InChI is InChI=1S/C18H20O3/c1-14(12-18(19)20)11-15-7-9-17(10-8-15)21-13-16-5-3-2-4-6-16/h2-10,14H,11-13H2,1H3,(H,19,20)/t14-/m0/s1. The number of carboxylic acid groups (broad SMARTS) is 1. The highest BCUT2D eigenvalue weighted by atomic mass is 16.5. The molecule has 1 N–H and O–H groups in total. The first-order valence-corrected chi connectivity index (χ1v) is 7.11. The first kappa shape index (κ1) is 15.1. The molecule has 0 aliphatic carbocycles. The minimum absolute atomic E-state index is 0.138. The van der Waals surface area contributed by atoms with Gasteiger partial charge in [-0.25, -0.2) is 0 Å². The van der Waals surface area contributed by atoms with E-state index < -0.39 is 5.97 Å². The summed E-state index contributed by atoms with van der Waals surface area (Å²) in [7, 11) is 0. The average Bonchev–Trinajstić information content (AvgIpc) is 2.47. The van der Waals surface area contributed by atoms with Crippen molar-refractivity contribution in [1.82, 2.24) is 0 Å². The highest BCUT2D eigenvalue weighted by molar-refractivity contribution is 5.67. The summed E-state index contributed by atoms with van der Waals surface area (Å²) in [5.41, 5.74) is 2.27. The Kier molecular flexibility index (Phi) is 5.38. The molecule has 21 heavy (non-hydrogen) atoms. The van der Waals surface area contributed by atoms with Gasteiger partial charge < -0.3 is 9.84 Å². The lowest BCUT2D eigenvalue weighted by molar-refractivity contribution is -0.137. The number of rotatable bonds is 7. The third-order valence-electron chi connectivity index (χ3n) is 3.28. The molecule has 0 aromatic heterocycles.